The Balaban J connectivity index is 1.93. The number of nitrogens with zero attached hydrogens (tertiary/aromatic N) is 2. The summed E-state index contributed by atoms with van der Waals surface area (Å²) in [4.78, 5) is 37.8. The molecule has 2 fully saturated rings. The minimum atomic E-state index is -0.836. The normalized spacial score (nSPS) is 20.9. The van der Waals surface area contributed by atoms with Crippen LogP contribution in [0.25, 0.3) is 0 Å². The predicted octanol–water partition coefficient (Wildman–Crippen LogP) is 0.489. The lowest BCUT2D eigenvalue weighted by Crippen LogP contribution is -2.59. The quantitative estimate of drug-likeness (QED) is 0.770. The first-order chi connectivity index (χ1) is 9.90. The molecule has 7 nitrogen and oxygen atoms in total. The van der Waals surface area contributed by atoms with E-state index >= 15 is 0 Å². The molecule has 2 rings (SSSR count). The highest BCUT2D eigenvalue weighted by Gasteiger charge is 2.40. The van der Waals surface area contributed by atoms with Crippen molar-refractivity contribution in [3.63, 3.8) is 0 Å². The molecule has 0 bridgehead atoms. The Morgan fingerprint density at radius 2 is 1.86 bits per heavy atom. The van der Waals surface area contributed by atoms with Gasteiger partial charge in [0.2, 0.25) is 5.91 Å². The van der Waals surface area contributed by atoms with Crippen LogP contribution in [0.2, 0.25) is 0 Å². The Labute approximate surface area is 124 Å². The molecule has 0 spiro atoms. The van der Waals surface area contributed by atoms with Crippen molar-refractivity contribution in [1.82, 2.24) is 9.80 Å². The zero-order valence-electron chi connectivity index (χ0n) is 12.3. The van der Waals surface area contributed by atoms with Gasteiger partial charge in [-0.3, -0.25) is 9.59 Å². The maximum atomic E-state index is 12.5. The van der Waals surface area contributed by atoms with Gasteiger partial charge in [-0.1, -0.05) is 19.8 Å². The third kappa shape index (κ3) is 3.46. The van der Waals surface area contributed by atoms with Gasteiger partial charge in [-0.15, -0.1) is 0 Å². The van der Waals surface area contributed by atoms with E-state index in [9.17, 15) is 14.4 Å². The fourth-order valence-electron chi connectivity index (χ4n) is 3.11. The van der Waals surface area contributed by atoms with E-state index < -0.39 is 17.8 Å². The lowest BCUT2D eigenvalue weighted by Gasteiger charge is -2.44. The molecule has 1 saturated heterocycles. The number of carbonyl (C=O) groups is 3. The topological polar surface area (TPSA) is 104 Å². The van der Waals surface area contributed by atoms with E-state index in [0.29, 0.717) is 13.1 Å². The summed E-state index contributed by atoms with van der Waals surface area (Å²) in [5, 5.41) is 8.97. The molecule has 3 amide bonds. The van der Waals surface area contributed by atoms with Gasteiger partial charge in [0, 0.05) is 25.0 Å². The van der Waals surface area contributed by atoms with Crippen molar-refractivity contribution in [2.75, 3.05) is 19.6 Å². The van der Waals surface area contributed by atoms with E-state index in [-0.39, 0.29) is 24.5 Å². The fraction of sp³-hybridized carbons (Fsp3) is 0.786. The number of aliphatic carboxylic acids is 1. The number of rotatable bonds is 5. The van der Waals surface area contributed by atoms with Gasteiger partial charge in [0.15, 0.2) is 0 Å². The van der Waals surface area contributed by atoms with Crippen LogP contribution in [0.5, 0.6) is 0 Å². The number of hydrogen-bond donors (Lipinski definition) is 2. The van der Waals surface area contributed by atoms with Gasteiger partial charge in [0.25, 0.3) is 0 Å². The number of carboxylic acids is 1. The molecule has 1 aliphatic heterocycles. The molecule has 3 N–H and O–H groups in total. The van der Waals surface area contributed by atoms with E-state index in [4.69, 9.17) is 10.8 Å². The summed E-state index contributed by atoms with van der Waals surface area (Å²) in [6, 6.07) is -0.101. The number of carbonyl (C=O) groups excluding carboxylic acids is 2. The van der Waals surface area contributed by atoms with Crippen molar-refractivity contribution in [3.8, 4) is 0 Å². The molecule has 0 radical (unpaired) electrons. The summed E-state index contributed by atoms with van der Waals surface area (Å²) in [6.45, 7) is 2.48. The van der Waals surface area contributed by atoms with E-state index in [1.54, 1.807) is 16.7 Å². The van der Waals surface area contributed by atoms with E-state index in [2.05, 4.69) is 0 Å². The Hall–Kier alpha value is -1.79. The molecular formula is C14H23N3O4. The summed E-state index contributed by atoms with van der Waals surface area (Å²) in [7, 11) is 0. The maximum absolute atomic E-state index is 12.5. The Kier molecular flexibility index (Phi) is 4.69. The number of nitrogens with two attached hydrogens (primary N) is 1. The van der Waals surface area contributed by atoms with Gasteiger partial charge in [0.05, 0.1) is 5.92 Å². The van der Waals surface area contributed by atoms with Crippen LogP contribution in [-0.2, 0) is 9.59 Å². The molecule has 118 valence electrons. The van der Waals surface area contributed by atoms with E-state index in [1.807, 2.05) is 0 Å². The zero-order valence-corrected chi connectivity index (χ0v) is 12.3. The Bertz CT molecular complexity index is 428. The second-order valence-corrected chi connectivity index (χ2v) is 6.11. The van der Waals surface area contributed by atoms with Crippen LogP contribution in [0, 0.1) is 11.8 Å². The molecule has 2 aliphatic rings. The van der Waals surface area contributed by atoms with Gasteiger partial charge >= 0.3 is 12.0 Å². The van der Waals surface area contributed by atoms with Crippen molar-refractivity contribution in [2.24, 2.45) is 17.6 Å². The summed E-state index contributed by atoms with van der Waals surface area (Å²) in [5.74, 6) is -1.81. The second-order valence-electron chi connectivity index (χ2n) is 6.11. The molecule has 0 aromatic rings. The fourth-order valence-corrected chi connectivity index (χ4v) is 3.11. The van der Waals surface area contributed by atoms with Gasteiger partial charge in [-0.2, -0.15) is 0 Å². The van der Waals surface area contributed by atoms with Crippen LogP contribution in [0.4, 0.5) is 4.79 Å². The molecule has 1 unspecified atom stereocenters. The molecule has 1 saturated carbocycles. The molecule has 0 aromatic heterocycles. The number of likely N-dealkylation sites (tertiary alicyclic amines) is 1. The van der Waals surface area contributed by atoms with Gasteiger partial charge in [0.1, 0.15) is 6.54 Å². The predicted molar refractivity (Wildman–Crippen MR) is 75.4 cm³/mol. The largest absolute Gasteiger partial charge is 0.481 e. The first-order valence-electron chi connectivity index (χ1n) is 7.46. The van der Waals surface area contributed by atoms with Gasteiger partial charge in [-0.25, -0.2) is 4.79 Å². The number of carboxylic acid groups (broad SMARTS) is 1. The molecule has 1 atom stereocenters. The molecule has 1 aliphatic carbocycles. The summed E-state index contributed by atoms with van der Waals surface area (Å²) < 4.78 is 0. The number of hydrogen-bond acceptors (Lipinski definition) is 3. The van der Waals surface area contributed by atoms with Crippen LogP contribution in [0.15, 0.2) is 0 Å². The van der Waals surface area contributed by atoms with E-state index in [0.717, 1.165) is 25.7 Å². The van der Waals surface area contributed by atoms with Crippen LogP contribution in [0.3, 0.4) is 0 Å². The molecular weight excluding hydrogens is 274 g/mol. The molecule has 21 heavy (non-hydrogen) atoms. The Morgan fingerprint density at radius 3 is 2.33 bits per heavy atom. The monoisotopic (exact) mass is 297 g/mol. The highest BCUT2D eigenvalue weighted by atomic mass is 16.4. The van der Waals surface area contributed by atoms with Gasteiger partial charge in [-0.05, 0) is 12.8 Å². The highest BCUT2D eigenvalue weighted by Crippen LogP contribution is 2.28. The average molecular weight is 297 g/mol. The Morgan fingerprint density at radius 1 is 1.29 bits per heavy atom. The van der Waals surface area contributed by atoms with Crippen LogP contribution in [0.1, 0.15) is 32.6 Å². The maximum Gasteiger partial charge on any atom is 0.320 e. The SMILES string of the molecule is CC(C(=O)O)C1CN(C(=O)N(CC(N)=O)C2CCCC2)C1. The van der Waals surface area contributed by atoms with Crippen molar-refractivity contribution >= 4 is 17.9 Å². The summed E-state index contributed by atoms with van der Waals surface area (Å²) >= 11 is 0. The third-order valence-corrected chi connectivity index (χ3v) is 4.61. The van der Waals surface area contributed by atoms with Crippen molar-refractivity contribution in [3.05, 3.63) is 0 Å². The second kappa shape index (κ2) is 6.32. The standard InChI is InChI=1S/C14H23N3O4/c1-9(13(19)20)10-6-16(7-10)14(21)17(8-12(15)18)11-4-2-3-5-11/h9-11H,2-8H2,1H3,(H2,15,18)(H,19,20). The first kappa shape index (κ1) is 15.6. The summed E-state index contributed by atoms with van der Waals surface area (Å²) in [5.41, 5.74) is 5.24. The minimum Gasteiger partial charge on any atom is -0.481 e. The molecule has 7 heteroatoms. The molecule has 1 heterocycles. The summed E-state index contributed by atoms with van der Waals surface area (Å²) in [6.07, 6.45) is 3.93. The average Bonchev–Trinajstić information content (AvgIpc) is 2.86. The number of urea groups is 1. The first-order valence-corrected chi connectivity index (χ1v) is 7.46. The van der Waals surface area contributed by atoms with Crippen molar-refractivity contribution in [2.45, 2.75) is 38.6 Å². The van der Waals surface area contributed by atoms with E-state index in [1.165, 1.54) is 0 Å². The number of amides is 3. The molecule has 0 aromatic carbocycles. The smallest absolute Gasteiger partial charge is 0.320 e. The highest BCUT2D eigenvalue weighted by molar-refractivity contribution is 5.83. The zero-order chi connectivity index (χ0) is 15.6. The van der Waals surface area contributed by atoms with Crippen LogP contribution >= 0.6 is 0 Å². The third-order valence-electron chi connectivity index (χ3n) is 4.61. The van der Waals surface area contributed by atoms with Crippen molar-refractivity contribution in [1.29, 1.82) is 0 Å². The lowest BCUT2D eigenvalue weighted by molar-refractivity contribution is -0.144. The number of primary amides is 1. The van der Waals surface area contributed by atoms with Crippen molar-refractivity contribution < 1.29 is 19.5 Å². The lowest BCUT2D eigenvalue weighted by atomic mass is 9.87. The van der Waals surface area contributed by atoms with Gasteiger partial charge < -0.3 is 20.6 Å². The minimum absolute atomic E-state index is 0.00884. The van der Waals surface area contributed by atoms with Crippen LogP contribution in [-0.4, -0.2) is 58.5 Å². The van der Waals surface area contributed by atoms with Crippen LogP contribution < -0.4 is 5.73 Å².